The van der Waals surface area contributed by atoms with E-state index in [1.165, 1.54) is 5.56 Å². The van der Waals surface area contributed by atoms with E-state index in [0.717, 1.165) is 39.0 Å². The molecule has 1 aliphatic heterocycles. The highest BCUT2D eigenvalue weighted by Crippen LogP contribution is 2.27. The number of nitrogens with zero attached hydrogens (tertiary/aromatic N) is 3. The van der Waals surface area contributed by atoms with Crippen molar-refractivity contribution in [3.8, 4) is 5.75 Å². The SMILES string of the molecule is CCn1cc(CN2CCC(Oc3ccc(Cl)cc3C(=O)NC(C)(C)C)CC2)cn1. The van der Waals surface area contributed by atoms with Crippen molar-refractivity contribution in [3.05, 3.63) is 46.7 Å². The average molecular weight is 419 g/mol. The van der Waals surface area contributed by atoms with E-state index in [1.54, 1.807) is 18.2 Å². The number of hydrogen-bond donors (Lipinski definition) is 1. The first-order valence-corrected chi connectivity index (χ1v) is 10.6. The zero-order chi connectivity index (χ0) is 21.0. The van der Waals surface area contributed by atoms with Gasteiger partial charge >= 0.3 is 0 Å². The van der Waals surface area contributed by atoms with E-state index in [-0.39, 0.29) is 17.6 Å². The monoisotopic (exact) mass is 418 g/mol. The van der Waals surface area contributed by atoms with Crippen LogP contribution in [0.4, 0.5) is 0 Å². The maximum Gasteiger partial charge on any atom is 0.255 e. The van der Waals surface area contributed by atoms with Gasteiger partial charge in [0.15, 0.2) is 0 Å². The van der Waals surface area contributed by atoms with E-state index < -0.39 is 0 Å². The van der Waals surface area contributed by atoms with Crippen LogP contribution in [-0.2, 0) is 13.1 Å². The second-order valence-corrected chi connectivity index (χ2v) is 9.08. The molecule has 1 amide bonds. The lowest BCUT2D eigenvalue weighted by molar-refractivity contribution is 0.0870. The molecule has 0 bridgehead atoms. The molecule has 1 aromatic carbocycles. The number of carbonyl (C=O) groups is 1. The van der Waals surface area contributed by atoms with Crippen LogP contribution in [-0.4, -0.2) is 45.3 Å². The molecule has 3 rings (SSSR count). The van der Waals surface area contributed by atoms with Crippen LogP contribution < -0.4 is 10.1 Å². The normalized spacial score (nSPS) is 16.0. The quantitative estimate of drug-likeness (QED) is 0.766. The zero-order valence-corrected chi connectivity index (χ0v) is 18.5. The van der Waals surface area contributed by atoms with Gasteiger partial charge in [0.1, 0.15) is 11.9 Å². The summed E-state index contributed by atoms with van der Waals surface area (Å²) in [5, 5.41) is 7.86. The number of halogens is 1. The summed E-state index contributed by atoms with van der Waals surface area (Å²) in [5.74, 6) is 0.430. The Labute approximate surface area is 178 Å². The topological polar surface area (TPSA) is 59.4 Å². The average Bonchev–Trinajstić information content (AvgIpc) is 3.11. The first-order valence-electron chi connectivity index (χ1n) is 10.3. The maximum atomic E-state index is 12.7. The molecule has 0 aliphatic carbocycles. The molecule has 158 valence electrons. The molecule has 6 nitrogen and oxygen atoms in total. The molecular weight excluding hydrogens is 388 g/mol. The van der Waals surface area contributed by atoms with Gasteiger partial charge in [0.05, 0.1) is 11.8 Å². The lowest BCUT2D eigenvalue weighted by Crippen LogP contribution is -2.41. The summed E-state index contributed by atoms with van der Waals surface area (Å²) in [7, 11) is 0. The fourth-order valence-corrected chi connectivity index (χ4v) is 3.65. The smallest absolute Gasteiger partial charge is 0.255 e. The standard InChI is InChI=1S/C22H31ClN4O2/c1-5-27-15-16(13-24-27)14-26-10-8-18(9-11-26)29-20-7-6-17(23)12-19(20)21(28)25-22(2,3)4/h6-7,12-13,15,18H,5,8-11,14H2,1-4H3,(H,25,28). The number of piperidine rings is 1. The summed E-state index contributed by atoms with van der Waals surface area (Å²) >= 11 is 6.13. The lowest BCUT2D eigenvalue weighted by atomic mass is 10.1. The maximum absolute atomic E-state index is 12.7. The Morgan fingerprint density at radius 1 is 1.31 bits per heavy atom. The molecule has 7 heteroatoms. The molecule has 0 unspecified atom stereocenters. The van der Waals surface area contributed by atoms with Gasteiger partial charge in [-0.25, -0.2) is 0 Å². The van der Waals surface area contributed by atoms with Crippen molar-refractivity contribution in [1.82, 2.24) is 20.0 Å². The molecule has 0 atom stereocenters. The van der Waals surface area contributed by atoms with Crippen LogP contribution in [0.5, 0.6) is 5.75 Å². The Bertz CT molecular complexity index is 836. The number of aryl methyl sites for hydroxylation is 1. The highest BCUT2D eigenvalue weighted by molar-refractivity contribution is 6.31. The highest BCUT2D eigenvalue weighted by atomic mass is 35.5. The molecule has 2 heterocycles. The molecule has 29 heavy (non-hydrogen) atoms. The minimum atomic E-state index is -0.326. The number of amides is 1. The number of nitrogens with one attached hydrogen (secondary N) is 1. The summed E-state index contributed by atoms with van der Waals surface area (Å²) in [6, 6.07) is 5.25. The molecule has 1 aromatic heterocycles. The number of likely N-dealkylation sites (tertiary alicyclic amines) is 1. The molecule has 1 aliphatic rings. The van der Waals surface area contributed by atoms with Crippen molar-refractivity contribution in [2.75, 3.05) is 13.1 Å². The largest absolute Gasteiger partial charge is 0.489 e. The number of rotatable bonds is 6. The number of ether oxygens (including phenoxy) is 1. The number of benzene rings is 1. The molecule has 1 fully saturated rings. The Balaban J connectivity index is 1.59. The van der Waals surface area contributed by atoms with Crippen molar-refractivity contribution in [2.24, 2.45) is 0 Å². The van der Waals surface area contributed by atoms with Gasteiger partial charge in [0, 0.05) is 48.5 Å². The Morgan fingerprint density at radius 3 is 2.66 bits per heavy atom. The first-order chi connectivity index (χ1) is 13.7. The predicted octanol–water partition coefficient (Wildman–Crippen LogP) is 4.13. The fourth-order valence-electron chi connectivity index (χ4n) is 3.47. The van der Waals surface area contributed by atoms with Gasteiger partial charge in [-0.3, -0.25) is 14.4 Å². The molecular formula is C22H31ClN4O2. The van der Waals surface area contributed by atoms with Crippen LogP contribution in [0, 0.1) is 0 Å². The summed E-state index contributed by atoms with van der Waals surface area (Å²) < 4.78 is 8.19. The van der Waals surface area contributed by atoms with Crippen molar-refractivity contribution >= 4 is 17.5 Å². The van der Waals surface area contributed by atoms with Crippen molar-refractivity contribution < 1.29 is 9.53 Å². The summed E-state index contributed by atoms with van der Waals surface area (Å²) in [6.45, 7) is 11.7. The van der Waals surface area contributed by atoms with Crippen LogP contribution >= 0.6 is 11.6 Å². The van der Waals surface area contributed by atoms with Gasteiger partial charge < -0.3 is 10.1 Å². The van der Waals surface area contributed by atoms with E-state index in [9.17, 15) is 4.79 Å². The Hall–Kier alpha value is -2.05. The molecule has 1 N–H and O–H groups in total. The number of aromatic nitrogens is 2. The second kappa shape index (κ2) is 9.18. The van der Waals surface area contributed by atoms with E-state index in [2.05, 4.69) is 28.4 Å². The van der Waals surface area contributed by atoms with Crippen molar-refractivity contribution in [1.29, 1.82) is 0 Å². The second-order valence-electron chi connectivity index (χ2n) is 8.64. The highest BCUT2D eigenvalue weighted by Gasteiger charge is 2.24. The minimum Gasteiger partial charge on any atom is -0.489 e. The Morgan fingerprint density at radius 2 is 2.03 bits per heavy atom. The molecule has 1 saturated heterocycles. The van der Waals surface area contributed by atoms with Gasteiger partial charge in [-0.15, -0.1) is 0 Å². The number of carbonyl (C=O) groups excluding carboxylic acids is 1. The van der Waals surface area contributed by atoms with E-state index in [0.29, 0.717) is 16.3 Å². The van der Waals surface area contributed by atoms with Crippen LogP contribution in [0.25, 0.3) is 0 Å². The van der Waals surface area contributed by atoms with Crippen LogP contribution in [0.15, 0.2) is 30.6 Å². The van der Waals surface area contributed by atoms with Gasteiger partial charge in [-0.05, 0) is 58.7 Å². The Kier molecular flexibility index (Phi) is 6.85. The van der Waals surface area contributed by atoms with Gasteiger partial charge in [0.2, 0.25) is 0 Å². The molecule has 0 radical (unpaired) electrons. The van der Waals surface area contributed by atoms with E-state index in [4.69, 9.17) is 16.3 Å². The third-order valence-electron chi connectivity index (χ3n) is 4.92. The molecule has 0 spiro atoms. The third-order valence-corrected chi connectivity index (χ3v) is 5.15. The van der Waals surface area contributed by atoms with Crippen molar-refractivity contribution in [3.63, 3.8) is 0 Å². The summed E-state index contributed by atoms with van der Waals surface area (Å²) in [6.07, 6.45) is 5.98. The minimum absolute atomic E-state index is 0.0898. The van der Waals surface area contributed by atoms with E-state index >= 15 is 0 Å². The van der Waals surface area contributed by atoms with Gasteiger partial charge in [-0.2, -0.15) is 5.10 Å². The zero-order valence-electron chi connectivity index (χ0n) is 17.7. The predicted molar refractivity (Wildman–Crippen MR) is 115 cm³/mol. The summed E-state index contributed by atoms with van der Waals surface area (Å²) in [4.78, 5) is 15.1. The number of hydrogen-bond acceptors (Lipinski definition) is 4. The molecule has 2 aromatic rings. The summed E-state index contributed by atoms with van der Waals surface area (Å²) in [5.41, 5.74) is 1.40. The van der Waals surface area contributed by atoms with Gasteiger partial charge in [0.25, 0.3) is 5.91 Å². The third kappa shape index (κ3) is 6.21. The van der Waals surface area contributed by atoms with Gasteiger partial charge in [-0.1, -0.05) is 11.6 Å². The van der Waals surface area contributed by atoms with Crippen molar-refractivity contribution in [2.45, 2.75) is 65.3 Å². The molecule has 0 saturated carbocycles. The van der Waals surface area contributed by atoms with Crippen LogP contribution in [0.1, 0.15) is 56.5 Å². The lowest BCUT2D eigenvalue weighted by Gasteiger charge is -2.32. The van der Waals surface area contributed by atoms with Crippen LogP contribution in [0.2, 0.25) is 5.02 Å². The fraction of sp³-hybridized carbons (Fsp3) is 0.545. The first kappa shape index (κ1) is 21.7. The van der Waals surface area contributed by atoms with Crippen LogP contribution in [0.3, 0.4) is 0 Å². The van der Waals surface area contributed by atoms with E-state index in [1.807, 2.05) is 31.6 Å².